The number of unbranched alkanes of at least 4 members (excludes halogenated alkanes) is 16. The van der Waals surface area contributed by atoms with Crippen molar-refractivity contribution in [3.63, 3.8) is 0 Å². The molecule has 0 aliphatic heterocycles. The van der Waals surface area contributed by atoms with Gasteiger partial charge in [0.05, 0.1) is 19.8 Å². The molecule has 53 heavy (non-hydrogen) atoms. The lowest BCUT2D eigenvalue weighted by molar-refractivity contribution is -0.161. The number of aliphatic hydroxyl groups excluding tert-OH is 2. The van der Waals surface area contributed by atoms with E-state index in [1.165, 1.54) is 38.5 Å². The van der Waals surface area contributed by atoms with Crippen LogP contribution in [0.2, 0.25) is 0 Å². The minimum atomic E-state index is -4.62. The number of ether oxygens (including phenoxy) is 2. The van der Waals surface area contributed by atoms with Crippen molar-refractivity contribution in [1.82, 2.24) is 0 Å². The largest absolute Gasteiger partial charge is 0.472 e. The summed E-state index contributed by atoms with van der Waals surface area (Å²) < 4.78 is 32.6. The number of esters is 2. The molecule has 10 nitrogen and oxygen atoms in total. The molecular formula is C42H75O10P. The first-order chi connectivity index (χ1) is 25.7. The quantitative estimate of drug-likeness (QED) is 0.0240. The molecule has 3 atom stereocenters. The fourth-order valence-corrected chi connectivity index (χ4v) is 6.08. The average molecular weight is 771 g/mol. The van der Waals surface area contributed by atoms with E-state index in [0.29, 0.717) is 12.8 Å². The lowest BCUT2D eigenvalue weighted by Crippen LogP contribution is -2.29. The maximum atomic E-state index is 12.6. The highest BCUT2D eigenvalue weighted by Crippen LogP contribution is 2.43. The molecule has 0 spiro atoms. The second-order valence-electron chi connectivity index (χ2n) is 13.6. The smallest absolute Gasteiger partial charge is 0.462 e. The van der Waals surface area contributed by atoms with Crippen molar-refractivity contribution in [3.05, 3.63) is 48.6 Å². The van der Waals surface area contributed by atoms with Gasteiger partial charge < -0.3 is 24.6 Å². The predicted octanol–water partition coefficient (Wildman–Crippen LogP) is 10.6. The number of hydrogen-bond acceptors (Lipinski definition) is 9. The minimum absolute atomic E-state index is 0.169. The fourth-order valence-electron chi connectivity index (χ4n) is 5.30. The Morgan fingerprint density at radius 2 is 1.04 bits per heavy atom. The second-order valence-corrected chi connectivity index (χ2v) is 15.1. The summed E-state index contributed by atoms with van der Waals surface area (Å²) in [5, 5.41) is 18.3. The van der Waals surface area contributed by atoms with Gasteiger partial charge in [-0.3, -0.25) is 18.6 Å². The summed E-state index contributed by atoms with van der Waals surface area (Å²) in [7, 11) is -4.62. The minimum Gasteiger partial charge on any atom is -0.462 e. The summed E-state index contributed by atoms with van der Waals surface area (Å²) in [5.74, 6) is -0.957. The fraction of sp³-hybridized carbons (Fsp3) is 0.762. The predicted molar refractivity (Wildman–Crippen MR) is 214 cm³/mol. The van der Waals surface area contributed by atoms with E-state index in [1.807, 2.05) is 0 Å². The van der Waals surface area contributed by atoms with Crippen LogP contribution < -0.4 is 0 Å². The van der Waals surface area contributed by atoms with Gasteiger partial charge in [-0.25, -0.2) is 4.57 Å². The average Bonchev–Trinajstić information content (AvgIpc) is 3.14. The Bertz CT molecular complexity index is 1030. The van der Waals surface area contributed by atoms with Crippen LogP contribution in [-0.4, -0.2) is 65.7 Å². The first kappa shape index (κ1) is 50.9. The van der Waals surface area contributed by atoms with Crippen molar-refractivity contribution in [2.24, 2.45) is 0 Å². The molecule has 0 fully saturated rings. The molecule has 0 aromatic heterocycles. The highest BCUT2D eigenvalue weighted by molar-refractivity contribution is 7.47. The summed E-state index contributed by atoms with van der Waals surface area (Å²) in [6.45, 7) is 2.22. The standard InChI is InChI=1S/C42H75O10P/c1-3-5-7-9-11-13-15-17-19-21-23-25-27-29-31-33-41(45)49-37-40(38-51-53(47,48)50-36-39(44)35-43)52-42(46)34-32-30-28-26-24-22-20-18-16-14-12-10-8-6-4-2/h5,7,11,13,17-20,39-40,43-44H,3-4,6,8-10,12,14-16,21-38H2,1-2H3,(H,47,48)/t39-,40+/m0/s1. The van der Waals surface area contributed by atoms with Gasteiger partial charge in [0, 0.05) is 12.8 Å². The van der Waals surface area contributed by atoms with Crippen molar-refractivity contribution in [2.45, 2.75) is 180 Å². The highest BCUT2D eigenvalue weighted by atomic mass is 31.2. The molecule has 0 bridgehead atoms. The van der Waals surface area contributed by atoms with Crippen molar-refractivity contribution < 1.29 is 47.8 Å². The lowest BCUT2D eigenvalue weighted by atomic mass is 10.1. The van der Waals surface area contributed by atoms with E-state index in [1.54, 1.807) is 0 Å². The van der Waals surface area contributed by atoms with Crippen LogP contribution >= 0.6 is 7.82 Å². The molecule has 0 amide bonds. The molecule has 0 aliphatic carbocycles. The van der Waals surface area contributed by atoms with E-state index in [0.717, 1.165) is 89.9 Å². The highest BCUT2D eigenvalue weighted by Gasteiger charge is 2.27. The molecule has 0 saturated carbocycles. The molecule has 0 rings (SSSR count). The van der Waals surface area contributed by atoms with E-state index in [-0.39, 0.29) is 19.4 Å². The SMILES string of the molecule is CCC=CCC=CCC=CCCCCCCCC(=O)OC[C@H](COP(=O)(O)OC[C@@H](O)CO)OC(=O)CCCCCCCC=CCCCCCCCC. The zero-order valence-corrected chi connectivity index (χ0v) is 34.1. The summed E-state index contributed by atoms with van der Waals surface area (Å²) in [4.78, 5) is 34.9. The van der Waals surface area contributed by atoms with E-state index in [2.05, 4.69) is 67.0 Å². The number of carbonyl (C=O) groups excluding carboxylic acids is 2. The van der Waals surface area contributed by atoms with Crippen LogP contribution in [0.5, 0.6) is 0 Å². The number of rotatable bonds is 38. The van der Waals surface area contributed by atoms with Gasteiger partial charge in [-0.15, -0.1) is 0 Å². The topological polar surface area (TPSA) is 149 Å². The molecule has 308 valence electrons. The molecule has 1 unspecified atom stereocenters. The van der Waals surface area contributed by atoms with E-state index in [9.17, 15) is 24.2 Å². The Balaban J connectivity index is 4.37. The van der Waals surface area contributed by atoms with Gasteiger partial charge in [-0.05, 0) is 70.6 Å². The molecule has 0 aliphatic rings. The van der Waals surface area contributed by atoms with Gasteiger partial charge in [0.2, 0.25) is 0 Å². The van der Waals surface area contributed by atoms with Gasteiger partial charge in [-0.1, -0.05) is 133 Å². The van der Waals surface area contributed by atoms with E-state index in [4.69, 9.17) is 19.1 Å². The number of carbonyl (C=O) groups is 2. The van der Waals surface area contributed by atoms with E-state index < -0.39 is 51.8 Å². The lowest BCUT2D eigenvalue weighted by Gasteiger charge is -2.20. The number of allylic oxidation sites excluding steroid dienone is 8. The number of phosphoric ester groups is 1. The number of hydrogen-bond donors (Lipinski definition) is 3. The Morgan fingerprint density at radius 1 is 0.585 bits per heavy atom. The zero-order valence-electron chi connectivity index (χ0n) is 33.2. The van der Waals surface area contributed by atoms with Crippen molar-refractivity contribution >= 4 is 19.8 Å². The Hall–Kier alpha value is -2.07. The molecule has 0 saturated heterocycles. The third-order valence-electron chi connectivity index (χ3n) is 8.47. The van der Waals surface area contributed by atoms with Crippen LogP contribution in [-0.2, 0) is 32.7 Å². The number of phosphoric acid groups is 1. The molecule has 0 heterocycles. The molecule has 0 aromatic carbocycles. The zero-order chi connectivity index (χ0) is 39.1. The van der Waals surface area contributed by atoms with Crippen LogP contribution in [0.15, 0.2) is 48.6 Å². The molecule has 11 heteroatoms. The normalized spacial score (nSPS) is 14.4. The number of aliphatic hydroxyl groups is 2. The van der Waals surface area contributed by atoms with Gasteiger partial charge in [0.1, 0.15) is 12.7 Å². The maximum Gasteiger partial charge on any atom is 0.472 e. The van der Waals surface area contributed by atoms with E-state index >= 15 is 0 Å². The summed E-state index contributed by atoms with van der Waals surface area (Å²) in [6.07, 6.45) is 39.3. The Morgan fingerprint density at radius 3 is 1.58 bits per heavy atom. The third-order valence-corrected chi connectivity index (χ3v) is 9.42. The van der Waals surface area contributed by atoms with Crippen LogP contribution in [0.25, 0.3) is 0 Å². The van der Waals surface area contributed by atoms with Crippen molar-refractivity contribution in [3.8, 4) is 0 Å². The van der Waals surface area contributed by atoms with Crippen LogP contribution in [0.3, 0.4) is 0 Å². The van der Waals surface area contributed by atoms with Gasteiger partial charge in [0.25, 0.3) is 0 Å². The first-order valence-corrected chi connectivity index (χ1v) is 22.1. The summed E-state index contributed by atoms with van der Waals surface area (Å²) in [5.41, 5.74) is 0. The maximum absolute atomic E-state index is 12.6. The van der Waals surface area contributed by atoms with Crippen molar-refractivity contribution in [2.75, 3.05) is 26.4 Å². The Kier molecular flexibility index (Phi) is 36.7. The van der Waals surface area contributed by atoms with Crippen LogP contribution in [0.1, 0.15) is 168 Å². The van der Waals surface area contributed by atoms with Crippen LogP contribution in [0, 0.1) is 0 Å². The van der Waals surface area contributed by atoms with Crippen molar-refractivity contribution in [1.29, 1.82) is 0 Å². The molecule has 0 aromatic rings. The summed E-state index contributed by atoms with van der Waals surface area (Å²) in [6, 6.07) is 0. The molecular weight excluding hydrogens is 695 g/mol. The first-order valence-electron chi connectivity index (χ1n) is 20.6. The summed E-state index contributed by atoms with van der Waals surface area (Å²) >= 11 is 0. The van der Waals surface area contributed by atoms with Gasteiger partial charge in [-0.2, -0.15) is 0 Å². The molecule has 3 N–H and O–H groups in total. The van der Waals surface area contributed by atoms with Crippen LogP contribution in [0.4, 0.5) is 0 Å². The molecule has 0 radical (unpaired) electrons. The van der Waals surface area contributed by atoms with Gasteiger partial charge in [0.15, 0.2) is 6.10 Å². The Labute approximate surface area is 322 Å². The third kappa shape index (κ3) is 38.0. The van der Waals surface area contributed by atoms with Gasteiger partial charge >= 0.3 is 19.8 Å². The second kappa shape index (κ2) is 38.2. The monoisotopic (exact) mass is 771 g/mol.